The third-order valence-corrected chi connectivity index (χ3v) is 9.63. The van der Waals surface area contributed by atoms with Gasteiger partial charge in [0, 0.05) is 43.2 Å². The fraction of sp³-hybridized carbons (Fsp3) is 0.364. The summed E-state index contributed by atoms with van der Waals surface area (Å²) < 4.78 is 10.3. The van der Waals surface area contributed by atoms with Crippen molar-refractivity contribution in [3.8, 4) is 23.3 Å². The van der Waals surface area contributed by atoms with Crippen LogP contribution < -0.4 is 15.8 Å². The van der Waals surface area contributed by atoms with Gasteiger partial charge in [-0.15, -0.1) is 0 Å². The largest absolute Gasteiger partial charge is 0.494 e. The van der Waals surface area contributed by atoms with E-state index >= 15 is 0 Å². The first kappa shape index (κ1) is 26.7. The molecule has 2 saturated carbocycles. The number of aromatic nitrogens is 5. The van der Waals surface area contributed by atoms with Crippen molar-refractivity contribution in [2.75, 3.05) is 19.0 Å². The number of benzene rings is 2. The molecular weight excluding hydrogens is 554 g/mol. The van der Waals surface area contributed by atoms with Crippen LogP contribution in [0.4, 0.5) is 11.4 Å². The molecule has 222 valence electrons. The summed E-state index contributed by atoms with van der Waals surface area (Å²) in [5, 5.41) is 13.6. The quantitative estimate of drug-likeness (QED) is 0.282. The Kier molecular flexibility index (Phi) is 6.10. The molecule has 2 bridgehead atoms. The highest BCUT2D eigenvalue weighted by atomic mass is 16.5. The zero-order valence-electron chi connectivity index (χ0n) is 24.7. The zero-order chi connectivity index (χ0) is 30.1. The Hall–Kier alpha value is -4.95. The second-order valence-electron chi connectivity index (χ2n) is 12.3. The van der Waals surface area contributed by atoms with Gasteiger partial charge >= 0.3 is 0 Å². The monoisotopic (exact) mass is 587 g/mol. The molecule has 3 aliphatic rings. The minimum absolute atomic E-state index is 0.00889. The van der Waals surface area contributed by atoms with Crippen LogP contribution in [0, 0.1) is 23.2 Å². The van der Waals surface area contributed by atoms with Crippen molar-refractivity contribution in [1.29, 1.82) is 5.26 Å². The molecule has 11 heteroatoms. The molecule has 0 spiro atoms. The van der Waals surface area contributed by atoms with Crippen LogP contribution in [0.25, 0.3) is 33.5 Å². The van der Waals surface area contributed by atoms with E-state index in [1.165, 1.54) is 12.8 Å². The van der Waals surface area contributed by atoms with E-state index in [4.69, 9.17) is 20.7 Å². The topological polar surface area (TPSA) is 140 Å². The summed E-state index contributed by atoms with van der Waals surface area (Å²) >= 11 is 0. The Balaban J connectivity index is 1.23. The predicted octanol–water partition coefficient (Wildman–Crippen LogP) is 4.58. The first-order valence-corrected chi connectivity index (χ1v) is 15.2. The molecule has 4 heterocycles. The molecular formula is C33H33N9O2. The maximum absolute atomic E-state index is 13.7. The lowest BCUT2D eigenvalue weighted by Crippen LogP contribution is -2.41. The number of nitriles is 1. The lowest BCUT2D eigenvalue weighted by Gasteiger charge is -2.27. The first-order valence-electron chi connectivity index (χ1n) is 15.2. The number of aryl methyl sites for hydroxylation is 1. The van der Waals surface area contributed by atoms with Gasteiger partial charge in [0.25, 0.3) is 5.91 Å². The smallest absolute Gasteiger partial charge is 0.254 e. The van der Waals surface area contributed by atoms with E-state index in [2.05, 4.69) is 36.6 Å². The first-order chi connectivity index (χ1) is 21.4. The Bertz CT molecular complexity index is 1980. The number of rotatable bonds is 7. The molecule has 2 aliphatic carbocycles. The van der Waals surface area contributed by atoms with Crippen molar-refractivity contribution in [2.45, 2.75) is 44.3 Å². The van der Waals surface area contributed by atoms with Crippen molar-refractivity contribution in [3.63, 3.8) is 0 Å². The van der Waals surface area contributed by atoms with Crippen LogP contribution in [-0.4, -0.2) is 60.6 Å². The Morgan fingerprint density at radius 3 is 2.64 bits per heavy atom. The lowest BCUT2D eigenvalue weighted by molar-refractivity contribution is 0.0700. The van der Waals surface area contributed by atoms with Gasteiger partial charge in [0.15, 0.2) is 5.82 Å². The highest BCUT2D eigenvalue weighted by Gasteiger charge is 2.47. The van der Waals surface area contributed by atoms with E-state index in [9.17, 15) is 4.79 Å². The molecule has 3 aromatic heterocycles. The van der Waals surface area contributed by atoms with Crippen LogP contribution in [0.15, 0.2) is 48.8 Å². The van der Waals surface area contributed by atoms with Crippen LogP contribution in [0.1, 0.15) is 41.9 Å². The number of para-hydroxylation sites is 1. The number of methoxy groups -OCH3 is 1. The molecule has 2 aromatic carbocycles. The number of hydrogen-bond acceptors (Lipinski definition) is 8. The van der Waals surface area contributed by atoms with Gasteiger partial charge in [0.2, 0.25) is 5.82 Å². The summed E-state index contributed by atoms with van der Waals surface area (Å²) in [6.45, 7) is 1.58. The van der Waals surface area contributed by atoms with Gasteiger partial charge in [-0.1, -0.05) is 12.1 Å². The number of nitrogens with two attached hydrogens (primary N) is 1. The second-order valence-corrected chi connectivity index (χ2v) is 12.3. The second kappa shape index (κ2) is 10.1. The maximum atomic E-state index is 13.7. The van der Waals surface area contributed by atoms with Gasteiger partial charge in [-0.2, -0.15) is 5.26 Å². The molecule has 1 saturated heterocycles. The number of ether oxygens (including phenoxy) is 1. The Morgan fingerprint density at radius 1 is 1.14 bits per heavy atom. The SMILES string of the molecule is COc1cc(C(=O)N2CC3CCC2C3N)cc2nc(-c3cc4cccc(Nc5cnc(C#N)nc5)c4n3CC3CC3)n(C)c12. The van der Waals surface area contributed by atoms with Gasteiger partial charge in [0.1, 0.15) is 17.3 Å². The summed E-state index contributed by atoms with van der Waals surface area (Å²) in [6.07, 6.45) is 7.69. The maximum Gasteiger partial charge on any atom is 0.254 e. The van der Waals surface area contributed by atoms with E-state index in [-0.39, 0.29) is 23.8 Å². The summed E-state index contributed by atoms with van der Waals surface area (Å²) in [4.78, 5) is 29.0. The van der Waals surface area contributed by atoms with E-state index in [0.717, 1.165) is 58.5 Å². The minimum atomic E-state index is -0.00889. The third kappa shape index (κ3) is 4.20. The average molecular weight is 588 g/mol. The molecule has 1 aliphatic heterocycles. The summed E-state index contributed by atoms with van der Waals surface area (Å²) in [5.41, 5.74) is 12.2. The van der Waals surface area contributed by atoms with Crippen LogP contribution in [-0.2, 0) is 13.6 Å². The average Bonchev–Trinajstić information content (AvgIpc) is 3.43. The normalized spacial score (nSPS) is 20.9. The number of carbonyl (C=O) groups excluding carboxylic acids is 1. The standard InChI is InChI=1S/C33H33N9O2/c1-40-31-24(10-21(12-27(31)44-2)33(43)42-17-20-8-9-25(42)29(20)35)39-32(40)26-11-19-4-3-5-23(30(19)41(26)16-18-6-7-18)38-22-14-36-28(13-34)37-15-22/h3-5,10-12,14-15,18,20,25,29,38H,6-9,16-17,35H2,1-2H3. The van der Waals surface area contributed by atoms with Gasteiger partial charge in [-0.25, -0.2) is 15.0 Å². The lowest BCUT2D eigenvalue weighted by atomic mass is 10.1. The van der Waals surface area contributed by atoms with Crippen molar-refractivity contribution < 1.29 is 9.53 Å². The van der Waals surface area contributed by atoms with E-state index < -0.39 is 0 Å². The number of nitrogens with one attached hydrogen (secondary N) is 1. The molecule has 8 rings (SSSR count). The number of nitrogens with zero attached hydrogens (tertiary/aromatic N) is 7. The fourth-order valence-corrected chi connectivity index (χ4v) is 7.23. The van der Waals surface area contributed by atoms with Gasteiger partial charge in [0.05, 0.1) is 47.6 Å². The number of imidazole rings is 1. The molecule has 1 amide bonds. The van der Waals surface area contributed by atoms with Gasteiger partial charge in [-0.3, -0.25) is 4.79 Å². The highest BCUT2D eigenvalue weighted by Crippen LogP contribution is 2.41. The summed E-state index contributed by atoms with van der Waals surface area (Å²) in [5.74, 6) is 2.53. The third-order valence-electron chi connectivity index (χ3n) is 9.63. The molecule has 0 radical (unpaired) electrons. The molecule has 3 fully saturated rings. The molecule has 5 aromatic rings. The number of piperidine rings is 1. The van der Waals surface area contributed by atoms with Crippen LogP contribution in [0.5, 0.6) is 5.75 Å². The summed E-state index contributed by atoms with van der Waals surface area (Å²) in [6, 6.07) is 14.2. The fourth-order valence-electron chi connectivity index (χ4n) is 7.23. The number of anilines is 2. The van der Waals surface area contributed by atoms with Crippen molar-refractivity contribution >= 4 is 39.2 Å². The van der Waals surface area contributed by atoms with E-state index in [1.54, 1.807) is 19.5 Å². The number of amides is 1. The molecule has 3 N–H and O–H groups in total. The van der Waals surface area contributed by atoms with Crippen molar-refractivity contribution in [3.05, 3.63) is 60.2 Å². The summed E-state index contributed by atoms with van der Waals surface area (Å²) in [7, 11) is 3.64. The van der Waals surface area contributed by atoms with Crippen LogP contribution in [0.3, 0.4) is 0 Å². The molecule has 44 heavy (non-hydrogen) atoms. The highest BCUT2D eigenvalue weighted by molar-refractivity contribution is 6.01. The Morgan fingerprint density at radius 2 is 1.95 bits per heavy atom. The van der Waals surface area contributed by atoms with E-state index in [0.29, 0.717) is 35.4 Å². The van der Waals surface area contributed by atoms with Crippen molar-refractivity contribution in [2.24, 2.45) is 24.6 Å². The number of hydrogen-bond donors (Lipinski definition) is 2. The van der Waals surface area contributed by atoms with Gasteiger partial charge in [-0.05, 0) is 61.8 Å². The van der Waals surface area contributed by atoms with E-state index in [1.807, 2.05) is 42.3 Å². The predicted molar refractivity (Wildman–Crippen MR) is 166 cm³/mol. The molecule has 3 atom stereocenters. The van der Waals surface area contributed by atoms with Crippen LogP contribution in [0.2, 0.25) is 0 Å². The zero-order valence-corrected chi connectivity index (χ0v) is 24.7. The van der Waals surface area contributed by atoms with Gasteiger partial charge < -0.3 is 29.8 Å². The molecule has 3 unspecified atom stereocenters. The Labute approximate surface area is 254 Å². The van der Waals surface area contributed by atoms with Crippen LogP contribution >= 0.6 is 0 Å². The minimum Gasteiger partial charge on any atom is -0.494 e. The number of carbonyl (C=O) groups is 1. The number of likely N-dealkylation sites (tertiary alicyclic amines) is 1. The number of fused-ring (bicyclic) bond motifs is 4. The molecule has 11 nitrogen and oxygen atoms in total. The van der Waals surface area contributed by atoms with Crippen molar-refractivity contribution in [1.82, 2.24) is 29.0 Å².